The number of hydrogen-bond donors (Lipinski definition) is 2. The molecule has 1 fully saturated rings. The molecule has 1 aliphatic carbocycles. The minimum Gasteiger partial charge on any atom is -0.480 e. The second kappa shape index (κ2) is 9.42. The van der Waals surface area contributed by atoms with Gasteiger partial charge < -0.3 is 9.84 Å². The van der Waals surface area contributed by atoms with Crippen LogP contribution in [0.15, 0.2) is 0 Å². The van der Waals surface area contributed by atoms with Gasteiger partial charge in [-0.15, -0.1) is 0 Å². The van der Waals surface area contributed by atoms with E-state index in [9.17, 15) is 9.90 Å². The molecule has 124 valence electrons. The van der Waals surface area contributed by atoms with Crippen molar-refractivity contribution in [3.8, 4) is 0 Å². The molecule has 0 heterocycles. The van der Waals surface area contributed by atoms with Crippen molar-refractivity contribution in [3.05, 3.63) is 0 Å². The molecule has 1 saturated carbocycles. The van der Waals surface area contributed by atoms with Gasteiger partial charge in [0.05, 0.1) is 0 Å². The van der Waals surface area contributed by atoms with E-state index in [1.54, 1.807) is 0 Å². The predicted octanol–water partition coefficient (Wildman–Crippen LogP) is 3.59. The van der Waals surface area contributed by atoms with Crippen LogP contribution in [0.2, 0.25) is 0 Å². The molecule has 1 atom stereocenters. The van der Waals surface area contributed by atoms with Gasteiger partial charge in [-0.05, 0) is 51.9 Å². The normalized spacial score (nSPS) is 19.6. The molecule has 2 N–H and O–H groups in total. The number of rotatable bonds is 10. The highest BCUT2D eigenvalue weighted by atomic mass is 16.5. The highest BCUT2D eigenvalue weighted by molar-refractivity contribution is 5.78. The maximum Gasteiger partial charge on any atom is 0.323 e. The molecular formula is C17H33NO3. The summed E-state index contributed by atoms with van der Waals surface area (Å²) >= 11 is 0. The van der Waals surface area contributed by atoms with Gasteiger partial charge in [-0.1, -0.05) is 26.2 Å². The molecule has 4 nitrogen and oxygen atoms in total. The molecule has 0 bridgehead atoms. The third-order valence-corrected chi connectivity index (χ3v) is 4.55. The van der Waals surface area contributed by atoms with Crippen molar-refractivity contribution in [2.75, 3.05) is 13.2 Å². The Labute approximate surface area is 129 Å². The van der Waals surface area contributed by atoms with Crippen LogP contribution < -0.4 is 5.32 Å². The van der Waals surface area contributed by atoms with Crippen molar-refractivity contribution < 1.29 is 14.6 Å². The minimum atomic E-state index is -0.803. The Morgan fingerprint density at radius 2 is 2.00 bits per heavy atom. The summed E-state index contributed by atoms with van der Waals surface area (Å²) in [4.78, 5) is 11.6. The number of hydrogen-bond acceptors (Lipinski definition) is 3. The minimum absolute atomic E-state index is 0.171. The Bertz CT molecular complexity index is 300. The van der Waals surface area contributed by atoms with Crippen molar-refractivity contribution >= 4 is 5.97 Å². The SMILES string of the molecule is CCC(CCCOCC1CCCCC1)(NC(C)C)C(=O)O. The zero-order chi connectivity index (χ0) is 15.7. The quantitative estimate of drug-likeness (QED) is 0.605. The second-order valence-electron chi connectivity index (χ2n) is 6.72. The van der Waals surface area contributed by atoms with Crippen LogP contribution >= 0.6 is 0 Å². The van der Waals surface area contributed by atoms with Gasteiger partial charge in [0.25, 0.3) is 0 Å². The molecule has 4 heteroatoms. The summed E-state index contributed by atoms with van der Waals surface area (Å²) in [6.45, 7) is 7.45. The first-order chi connectivity index (χ1) is 10.00. The maximum absolute atomic E-state index is 11.6. The Morgan fingerprint density at radius 1 is 1.33 bits per heavy atom. The summed E-state index contributed by atoms with van der Waals surface area (Å²) in [7, 11) is 0. The van der Waals surface area contributed by atoms with Crippen molar-refractivity contribution in [2.24, 2.45) is 5.92 Å². The van der Waals surface area contributed by atoms with E-state index in [0.29, 0.717) is 19.4 Å². The summed E-state index contributed by atoms with van der Waals surface area (Å²) in [6.07, 6.45) is 8.66. The summed E-state index contributed by atoms with van der Waals surface area (Å²) < 4.78 is 5.78. The fourth-order valence-corrected chi connectivity index (χ4v) is 3.30. The van der Waals surface area contributed by atoms with Gasteiger partial charge in [0.15, 0.2) is 0 Å². The topological polar surface area (TPSA) is 58.6 Å². The average Bonchev–Trinajstić information content (AvgIpc) is 2.46. The van der Waals surface area contributed by atoms with Gasteiger partial charge in [0, 0.05) is 19.3 Å². The number of ether oxygens (including phenoxy) is 1. The third-order valence-electron chi connectivity index (χ3n) is 4.55. The third kappa shape index (κ3) is 6.35. The lowest BCUT2D eigenvalue weighted by atomic mass is 9.89. The summed E-state index contributed by atoms with van der Waals surface area (Å²) in [5, 5.41) is 12.8. The van der Waals surface area contributed by atoms with Crippen molar-refractivity contribution in [1.29, 1.82) is 0 Å². The van der Waals surface area contributed by atoms with E-state index in [0.717, 1.165) is 18.9 Å². The highest BCUT2D eigenvalue weighted by Crippen LogP contribution is 2.24. The lowest BCUT2D eigenvalue weighted by molar-refractivity contribution is -0.146. The molecule has 0 spiro atoms. The number of aliphatic carboxylic acids is 1. The largest absolute Gasteiger partial charge is 0.480 e. The maximum atomic E-state index is 11.6. The van der Waals surface area contributed by atoms with Crippen LogP contribution in [0.1, 0.15) is 72.1 Å². The monoisotopic (exact) mass is 299 g/mol. The van der Waals surface area contributed by atoms with Crippen LogP contribution in [0.3, 0.4) is 0 Å². The van der Waals surface area contributed by atoms with Gasteiger partial charge in [0.1, 0.15) is 5.54 Å². The molecule has 0 saturated heterocycles. The summed E-state index contributed by atoms with van der Waals surface area (Å²) in [5.74, 6) is -0.0195. The molecule has 0 radical (unpaired) electrons. The van der Waals surface area contributed by atoms with E-state index in [1.165, 1.54) is 32.1 Å². The van der Waals surface area contributed by atoms with Gasteiger partial charge in [-0.2, -0.15) is 0 Å². The lowest BCUT2D eigenvalue weighted by Gasteiger charge is -2.31. The first kappa shape index (κ1) is 18.4. The molecule has 0 aromatic heterocycles. The molecule has 1 rings (SSSR count). The van der Waals surface area contributed by atoms with Crippen LogP contribution in [0, 0.1) is 5.92 Å². The second-order valence-corrected chi connectivity index (χ2v) is 6.72. The fourth-order valence-electron chi connectivity index (χ4n) is 3.30. The van der Waals surface area contributed by atoms with Gasteiger partial charge in [-0.25, -0.2) is 0 Å². The van der Waals surface area contributed by atoms with E-state index in [2.05, 4.69) is 5.32 Å². The summed E-state index contributed by atoms with van der Waals surface area (Å²) in [5.41, 5.74) is -0.803. The summed E-state index contributed by atoms with van der Waals surface area (Å²) in [6, 6.07) is 0.171. The van der Waals surface area contributed by atoms with Crippen LogP contribution in [0.5, 0.6) is 0 Å². The molecule has 0 aromatic carbocycles. The predicted molar refractivity (Wildman–Crippen MR) is 85.6 cm³/mol. The first-order valence-electron chi connectivity index (χ1n) is 8.59. The van der Waals surface area contributed by atoms with Crippen molar-refractivity contribution in [3.63, 3.8) is 0 Å². The van der Waals surface area contributed by atoms with E-state index < -0.39 is 11.5 Å². The number of nitrogens with one attached hydrogen (secondary N) is 1. The van der Waals surface area contributed by atoms with Gasteiger partial charge in [0.2, 0.25) is 0 Å². The number of carboxylic acids is 1. The van der Waals surface area contributed by atoms with E-state index >= 15 is 0 Å². The Balaban J connectivity index is 2.27. The van der Waals surface area contributed by atoms with E-state index in [-0.39, 0.29) is 6.04 Å². The number of carboxylic acid groups (broad SMARTS) is 1. The van der Waals surface area contributed by atoms with Crippen molar-refractivity contribution in [2.45, 2.75) is 83.7 Å². The van der Waals surface area contributed by atoms with Crippen LogP contribution in [-0.2, 0) is 9.53 Å². The molecule has 0 aromatic rings. The Kier molecular flexibility index (Phi) is 8.27. The first-order valence-corrected chi connectivity index (χ1v) is 8.59. The highest BCUT2D eigenvalue weighted by Gasteiger charge is 2.36. The zero-order valence-electron chi connectivity index (χ0n) is 14.0. The van der Waals surface area contributed by atoms with Crippen LogP contribution in [-0.4, -0.2) is 35.9 Å². The van der Waals surface area contributed by atoms with Crippen molar-refractivity contribution in [1.82, 2.24) is 5.32 Å². The average molecular weight is 299 g/mol. The zero-order valence-corrected chi connectivity index (χ0v) is 14.0. The van der Waals surface area contributed by atoms with E-state index in [4.69, 9.17) is 4.74 Å². The molecule has 21 heavy (non-hydrogen) atoms. The van der Waals surface area contributed by atoms with E-state index in [1.807, 2.05) is 20.8 Å². The molecule has 1 aliphatic rings. The van der Waals surface area contributed by atoms with Crippen LogP contribution in [0.4, 0.5) is 0 Å². The Hall–Kier alpha value is -0.610. The molecular weight excluding hydrogens is 266 g/mol. The standard InChI is InChI=1S/C17H33NO3/c1-4-17(16(19)20,18-14(2)3)11-8-12-21-13-15-9-6-5-7-10-15/h14-15,18H,4-13H2,1-3H3,(H,19,20). The fraction of sp³-hybridized carbons (Fsp3) is 0.941. The Morgan fingerprint density at radius 3 is 2.52 bits per heavy atom. The lowest BCUT2D eigenvalue weighted by Crippen LogP contribution is -2.54. The smallest absolute Gasteiger partial charge is 0.323 e. The number of carbonyl (C=O) groups is 1. The van der Waals surface area contributed by atoms with Gasteiger partial charge >= 0.3 is 5.97 Å². The molecule has 1 unspecified atom stereocenters. The van der Waals surface area contributed by atoms with Gasteiger partial charge in [-0.3, -0.25) is 10.1 Å². The van der Waals surface area contributed by atoms with Crippen LogP contribution in [0.25, 0.3) is 0 Å². The molecule has 0 amide bonds. The molecule has 0 aliphatic heterocycles.